The molecule has 24 heavy (non-hydrogen) atoms. The van der Waals surface area contributed by atoms with Gasteiger partial charge in [0.25, 0.3) is 0 Å². The van der Waals surface area contributed by atoms with Crippen molar-refractivity contribution >= 4 is 36.4 Å². The van der Waals surface area contributed by atoms with Crippen molar-refractivity contribution in [3.8, 4) is 0 Å². The Bertz CT molecular complexity index is 520. The molecule has 0 bridgehead atoms. The summed E-state index contributed by atoms with van der Waals surface area (Å²) in [5.41, 5.74) is -0.853. The van der Waals surface area contributed by atoms with Gasteiger partial charge in [0, 0.05) is 37.8 Å². The van der Waals surface area contributed by atoms with Gasteiger partial charge in [-0.1, -0.05) is 24.9 Å². The average molecular weight is 412 g/mol. The van der Waals surface area contributed by atoms with Crippen LogP contribution in [0.2, 0.25) is 5.02 Å². The van der Waals surface area contributed by atoms with Crippen molar-refractivity contribution in [3.63, 3.8) is 0 Å². The second-order valence-electron chi connectivity index (χ2n) is 5.45. The zero-order chi connectivity index (χ0) is 16.3. The van der Waals surface area contributed by atoms with E-state index in [0.29, 0.717) is 25.6 Å². The van der Waals surface area contributed by atoms with Gasteiger partial charge in [0.15, 0.2) is 0 Å². The van der Waals surface area contributed by atoms with E-state index in [1.807, 2.05) is 11.8 Å². The Labute approximate surface area is 156 Å². The topological polar surface area (TPSA) is 15.3 Å². The summed E-state index contributed by atoms with van der Waals surface area (Å²) in [7, 11) is 0. The minimum atomic E-state index is -4.54. The lowest BCUT2D eigenvalue weighted by Crippen LogP contribution is -2.45. The van der Waals surface area contributed by atoms with Gasteiger partial charge in [-0.25, -0.2) is 4.39 Å². The van der Waals surface area contributed by atoms with Crippen molar-refractivity contribution in [2.75, 3.05) is 26.2 Å². The SMILES string of the molecule is CCC[C@@H](c1cc(C(F)(F)F)cc(Cl)c1F)N1CCNCC1.Cl.Cl. The molecule has 1 N–H and O–H groups in total. The molecule has 0 amide bonds. The van der Waals surface area contributed by atoms with E-state index in [4.69, 9.17) is 11.6 Å². The van der Waals surface area contributed by atoms with Gasteiger partial charge in [0.1, 0.15) is 5.82 Å². The molecular weight excluding hydrogens is 391 g/mol. The van der Waals surface area contributed by atoms with Gasteiger partial charge >= 0.3 is 6.18 Å². The predicted molar refractivity (Wildman–Crippen MR) is 93.0 cm³/mol. The molecule has 140 valence electrons. The highest BCUT2D eigenvalue weighted by Crippen LogP contribution is 2.37. The lowest BCUT2D eigenvalue weighted by Gasteiger charge is -2.35. The maximum atomic E-state index is 14.4. The molecule has 0 unspecified atom stereocenters. The predicted octanol–water partition coefficient (Wildman–Crippen LogP) is 5.09. The molecule has 1 aromatic carbocycles. The Morgan fingerprint density at radius 1 is 1.21 bits per heavy atom. The summed E-state index contributed by atoms with van der Waals surface area (Å²) in [6, 6.07) is 1.18. The van der Waals surface area contributed by atoms with Crippen LogP contribution in [0, 0.1) is 5.82 Å². The smallest absolute Gasteiger partial charge is 0.314 e. The van der Waals surface area contributed by atoms with Crippen molar-refractivity contribution in [3.05, 3.63) is 34.1 Å². The zero-order valence-electron chi connectivity index (χ0n) is 13.1. The molecule has 0 saturated carbocycles. The molecule has 2 rings (SSSR count). The molecule has 1 aliphatic heterocycles. The highest BCUT2D eigenvalue weighted by Gasteiger charge is 2.34. The molecule has 1 heterocycles. The fourth-order valence-electron chi connectivity index (χ4n) is 2.82. The fraction of sp³-hybridized carbons (Fsp3) is 0.600. The lowest BCUT2D eigenvalue weighted by molar-refractivity contribution is -0.137. The van der Waals surface area contributed by atoms with Gasteiger partial charge in [0.05, 0.1) is 10.6 Å². The van der Waals surface area contributed by atoms with Crippen LogP contribution in [0.15, 0.2) is 12.1 Å². The van der Waals surface area contributed by atoms with E-state index in [-0.39, 0.29) is 36.4 Å². The van der Waals surface area contributed by atoms with Crippen LogP contribution >= 0.6 is 36.4 Å². The van der Waals surface area contributed by atoms with Gasteiger partial charge < -0.3 is 5.32 Å². The fourth-order valence-corrected chi connectivity index (χ4v) is 3.05. The standard InChI is InChI=1S/C15H19ClF4N2.2ClH/c1-2-3-13(22-6-4-21-5-7-22)11-8-10(15(18,19)20)9-12(16)14(11)17;;/h8-9,13,21H,2-7H2,1H3;2*1H/t13-;;/m0../s1. The summed E-state index contributed by atoms with van der Waals surface area (Å²) in [4.78, 5) is 2.02. The van der Waals surface area contributed by atoms with Crippen molar-refractivity contribution in [2.24, 2.45) is 0 Å². The number of rotatable bonds is 4. The van der Waals surface area contributed by atoms with Crippen molar-refractivity contribution in [1.82, 2.24) is 10.2 Å². The third-order valence-corrected chi connectivity index (χ3v) is 4.17. The number of nitrogens with zero attached hydrogens (tertiary/aromatic N) is 1. The number of hydrogen-bond acceptors (Lipinski definition) is 2. The molecule has 0 aromatic heterocycles. The largest absolute Gasteiger partial charge is 0.416 e. The van der Waals surface area contributed by atoms with Crippen LogP contribution in [-0.2, 0) is 6.18 Å². The summed E-state index contributed by atoms with van der Waals surface area (Å²) in [6.45, 7) is 4.78. The highest BCUT2D eigenvalue weighted by molar-refractivity contribution is 6.30. The number of piperazine rings is 1. The maximum Gasteiger partial charge on any atom is 0.416 e. The van der Waals surface area contributed by atoms with E-state index in [0.717, 1.165) is 25.6 Å². The first kappa shape index (κ1) is 23.7. The summed E-state index contributed by atoms with van der Waals surface area (Å²) in [5.74, 6) is -0.744. The first-order chi connectivity index (χ1) is 10.3. The highest BCUT2D eigenvalue weighted by atomic mass is 35.5. The Hall–Kier alpha value is -0.270. The third kappa shape index (κ3) is 5.63. The van der Waals surface area contributed by atoms with E-state index in [1.165, 1.54) is 0 Å². The molecule has 1 atom stereocenters. The number of halogens is 7. The molecule has 1 fully saturated rings. The van der Waals surface area contributed by atoms with Crippen molar-refractivity contribution in [2.45, 2.75) is 32.0 Å². The van der Waals surface area contributed by atoms with E-state index < -0.39 is 22.6 Å². The van der Waals surface area contributed by atoms with E-state index >= 15 is 0 Å². The van der Waals surface area contributed by atoms with Crippen LogP contribution in [-0.4, -0.2) is 31.1 Å². The van der Waals surface area contributed by atoms with Crippen LogP contribution < -0.4 is 5.32 Å². The van der Waals surface area contributed by atoms with Gasteiger partial charge in [-0.2, -0.15) is 13.2 Å². The Morgan fingerprint density at radius 3 is 2.29 bits per heavy atom. The van der Waals surface area contributed by atoms with E-state index in [2.05, 4.69) is 5.32 Å². The van der Waals surface area contributed by atoms with Gasteiger partial charge in [-0.15, -0.1) is 24.8 Å². The lowest BCUT2D eigenvalue weighted by atomic mass is 9.97. The van der Waals surface area contributed by atoms with Crippen LogP contribution in [0.4, 0.5) is 17.6 Å². The molecule has 0 spiro atoms. The quantitative estimate of drug-likeness (QED) is 0.695. The molecule has 0 aliphatic carbocycles. The number of hydrogen-bond donors (Lipinski definition) is 1. The van der Waals surface area contributed by atoms with Gasteiger partial charge in [-0.3, -0.25) is 4.90 Å². The Balaban J connectivity index is 0.00000264. The summed E-state index contributed by atoms with van der Waals surface area (Å²) < 4.78 is 53.3. The molecule has 2 nitrogen and oxygen atoms in total. The van der Waals surface area contributed by atoms with E-state index in [1.54, 1.807) is 0 Å². The average Bonchev–Trinajstić information content (AvgIpc) is 2.47. The Morgan fingerprint density at radius 2 is 1.79 bits per heavy atom. The maximum absolute atomic E-state index is 14.4. The molecule has 0 radical (unpaired) electrons. The molecule has 9 heteroatoms. The number of alkyl halides is 3. The first-order valence-electron chi connectivity index (χ1n) is 7.35. The number of nitrogens with one attached hydrogen (secondary N) is 1. The second-order valence-corrected chi connectivity index (χ2v) is 5.86. The molecular formula is C15H21Cl3F4N2. The van der Waals surface area contributed by atoms with Crippen LogP contribution in [0.25, 0.3) is 0 Å². The van der Waals surface area contributed by atoms with Crippen molar-refractivity contribution in [1.29, 1.82) is 0 Å². The first-order valence-corrected chi connectivity index (χ1v) is 7.73. The Kier molecular flexibility index (Phi) is 9.91. The number of benzene rings is 1. The molecule has 1 aliphatic rings. The van der Waals surface area contributed by atoms with Gasteiger partial charge in [0.2, 0.25) is 0 Å². The van der Waals surface area contributed by atoms with Crippen molar-refractivity contribution < 1.29 is 17.6 Å². The third-order valence-electron chi connectivity index (χ3n) is 3.90. The van der Waals surface area contributed by atoms with Crippen LogP contribution in [0.1, 0.15) is 36.9 Å². The van der Waals surface area contributed by atoms with Crippen LogP contribution in [0.3, 0.4) is 0 Å². The molecule has 1 saturated heterocycles. The van der Waals surface area contributed by atoms with Crippen LogP contribution in [0.5, 0.6) is 0 Å². The monoisotopic (exact) mass is 410 g/mol. The normalized spacial score (nSPS) is 16.9. The van der Waals surface area contributed by atoms with E-state index in [9.17, 15) is 17.6 Å². The second kappa shape index (κ2) is 10.0. The van der Waals surface area contributed by atoms with Gasteiger partial charge in [-0.05, 0) is 18.6 Å². The summed E-state index contributed by atoms with van der Waals surface area (Å²) >= 11 is 5.70. The summed E-state index contributed by atoms with van der Waals surface area (Å²) in [5, 5.41) is 2.71. The zero-order valence-corrected chi connectivity index (χ0v) is 15.5. The summed E-state index contributed by atoms with van der Waals surface area (Å²) in [6.07, 6.45) is -3.19. The molecule has 1 aromatic rings. The minimum Gasteiger partial charge on any atom is -0.314 e. The minimum absolute atomic E-state index is 0.